The highest BCUT2D eigenvalue weighted by molar-refractivity contribution is 6.00. The molecule has 1 amide bonds. The maximum absolute atomic E-state index is 14.3. The molecule has 0 aliphatic carbocycles. The first-order valence-corrected chi connectivity index (χ1v) is 7.72. The Hall–Kier alpha value is -3.15. The first-order valence-electron chi connectivity index (χ1n) is 7.72. The van der Waals surface area contributed by atoms with Gasteiger partial charge in [0, 0.05) is 31.4 Å². The second kappa shape index (κ2) is 8.80. The van der Waals surface area contributed by atoms with Crippen molar-refractivity contribution in [1.82, 2.24) is 9.88 Å². The van der Waals surface area contributed by atoms with Crippen molar-refractivity contribution in [3.8, 4) is 11.8 Å². The second-order valence-corrected chi connectivity index (χ2v) is 5.31. The summed E-state index contributed by atoms with van der Waals surface area (Å²) in [6.07, 6.45) is 1.33. The zero-order valence-corrected chi connectivity index (χ0v) is 14.0. The fraction of sp³-hybridized carbons (Fsp3) is 0.222. The van der Waals surface area contributed by atoms with E-state index in [1.165, 1.54) is 36.0 Å². The summed E-state index contributed by atoms with van der Waals surface area (Å²) in [7, 11) is 1.49. The lowest BCUT2D eigenvalue weighted by Crippen LogP contribution is -2.29. The number of pyridine rings is 1. The van der Waals surface area contributed by atoms with Gasteiger partial charge in [0.1, 0.15) is 12.4 Å². The van der Waals surface area contributed by atoms with Gasteiger partial charge in [0.25, 0.3) is 11.5 Å². The van der Waals surface area contributed by atoms with E-state index in [2.05, 4.69) is 22.5 Å². The lowest BCUT2D eigenvalue weighted by Gasteiger charge is -2.14. The summed E-state index contributed by atoms with van der Waals surface area (Å²) in [5.74, 6) is 3.87. The van der Waals surface area contributed by atoms with E-state index in [1.54, 1.807) is 6.07 Å². The molecule has 136 valence electrons. The third kappa shape index (κ3) is 4.69. The number of anilines is 2. The standard InChI is InChI=1S/C18H18FN3O4/c1-22-11-13(18(26)20-6-8-24)16(10-17(22)25)21-15-5-4-12(3-2-7-23)9-14(15)19/h4-5,9-11,21,23-24H,6-8H2,1H3,(H,20,26). The molecule has 4 N–H and O–H groups in total. The van der Waals surface area contributed by atoms with Crippen LogP contribution < -0.4 is 16.2 Å². The fourth-order valence-corrected chi connectivity index (χ4v) is 2.16. The SMILES string of the molecule is Cn1cc(C(=O)NCCO)c(Nc2ccc(C#CCO)cc2F)cc1=O. The Morgan fingerprint density at radius 3 is 2.69 bits per heavy atom. The molecule has 0 fully saturated rings. The first-order chi connectivity index (χ1) is 12.5. The smallest absolute Gasteiger partial charge is 0.254 e. The largest absolute Gasteiger partial charge is 0.395 e. The summed E-state index contributed by atoms with van der Waals surface area (Å²) in [5, 5.41) is 22.7. The van der Waals surface area contributed by atoms with E-state index in [-0.39, 0.29) is 42.3 Å². The third-order valence-electron chi connectivity index (χ3n) is 3.42. The van der Waals surface area contributed by atoms with Crippen LogP contribution in [0, 0.1) is 17.7 Å². The van der Waals surface area contributed by atoms with Crippen molar-refractivity contribution >= 4 is 17.3 Å². The van der Waals surface area contributed by atoms with E-state index in [4.69, 9.17) is 10.2 Å². The first kappa shape index (κ1) is 19.2. The molecule has 0 atom stereocenters. The highest BCUT2D eigenvalue weighted by Crippen LogP contribution is 2.23. The minimum Gasteiger partial charge on any atom is -0.395 e. The number of benzene rings is 1. The van der Waals surface area contributed by atoms with Crippen LogP contribution in [0.15, 0.2) is 35.3 Å². The van der Waals surface area contributed by atoms with Crippen molar-refractivity contribution in [3.63, 3.8) is 0 Å². The Balaban J connectivity index is 2.38. The van der Waals surface area contributed by atoms with Gasteiger partial charge >= 0.3 is 0 Å². The molecule has 2 rings (SSSR count). The minimum absolute atomic E-state index is 0.0493. The molecule has 0 saturated carbocycles. The zero-order chi connectivity index (χ0) is 19.1. The van der Waals surface area contributed by atoms with Crippen LogP contribution in [0.1, 0.15) is 15.9 Å². The maximum atomic E-state index is 14.3. The number of hydrogen-bond acceptors (Lipinski definition) is 5. The van der Waals surface area contributed by atoms with Crippen molar-refractivity contribution in [2.75, 3.05) is 25.1 Å². The number of halogens is 1. The van der Waals surface area contributed by atoms with Crippen LogP contribution in [-0.2, 0) is 7.05 Å². The molecule has 2 aromatic rings. The molecule has 0 bridgehead atoms. The Kier molecular flexibility index (Phi) is 6.49. The molecule has 0 aliphatic rings. The average Bonchev–Trinajstić information content (AvgIpc) is 2.62. The van der Waals surface area contributed by atoms with E-state index in [1.807, 2.05) is 0 Å². The molecule has 0 spiro atoms. The van der Waals surface area contributed by atoms with E-state index in [9.17, 15) is 14.0 Å². The predicted octanol–water partition coefficient (Wildman–Crippen LogP) is 0.334. The molecule has 1 aromatic heterocycles. The number of carbonyl (C=O) groups excluding carboxylic acids is 1. The van der Waals surface area contributed by atoms with Gasteiger partial charge < -0.3 is 25.4 Å². The van der Waals surface area contributed by atoms with Crippen molar-refractivity contribution in [2.45, 2.75) is 0 Å². The van der Waals surface area contributed by atoms with Crippen molar-refractivity contribution < 1.29 is 19.4 Å². The third-order valence-corrected chi connectivity index (χ3v) is 3.42. The van der Waals surface area contributed by atoms with Crippen LogP contribution in [0.4, 0.5) is 15.8 Å². The number of rotatable bonds is 5. The Labute approximate surface area is 149 Å². The number of aryl methyl sites for hydroxylation is 1. The van der Waals surface area contributed by atoms with Crippen molar-refractivity contribution in [2.24, 2.45) is 7.05 Å². The Bertz CT molecular complexity index is 928. The van der Waals surface area contributed by atoms with E-state index < -0.39 is 11.7 Å². The summed E-state index contributed by atoms with van der Waals surface area (Å²) in [6, 6.07) is 5.33. The van der Waals surface area contributed by atoms with Gasteiger partial charge in [-0.2, -0.15) is 0 Å². The van der Waals surface area contributed by atoms with Crippen LogP contribution in [0.2, 0.25) is 0 Å². The van der Waals surface area contributed by atoms with Gasteiger partial charge in [-0.15, -0.1) is 0 Å². The number of nitrogens with zero attached hydrogens (tertiary/aromatic N) is 1. The topological polar surface area (TPSA) is 104 Å². The number of aliphatic hydroxyl groups is 2. The molecule has 0 radical (unpaired) electrons. The normalized spacial score (nSPS) is 10.0. The van der Waals surface area contributed by atoms with Gasteiger partial charge in [-0.1, -0.05) is 11.8 Å². The highest BCUT2D eigenvalue weighted by Gasteiger charge is 2.15. The van der Waals surface area contributed by atoms with Gasteiger partial charge in [0.2, 0.25) is 0 Å². The summed E-state index contributed by atoms with van der Waals surface area (Å²) >= 11 is 0. The molecule has 1 heterocycles. The van der Waals surface area contributed by atoms with Crippen molar-refractivity contribution in [1.29, 1.82) is 0 Å². The van der Waals surface area contributed by atoms with Crippen LogP contribution in [0.3, 0.4) is 0 Å². The highest BCUT2D eigenvalue weighted by atomic mass is 19.1. The minimum atomic E-state index is -0.628. The van der Waals surface area contributed by atoms with Crippen LogP contribution >= 0.6 is 0 Å². The number of nitrogens with one attached hydrogen (secondary N) is 2. The summed E-state index contributed by atoms with van der Waals surface area (Å²) < 4.78 is 15.5. The van der Waals surface area contributed by atoms with E-state index >= 15 is 0 Å². The fourth-order valence-electron chi connectivity index (χ4n) is 2.16. The number of amides is 1. The molecular weight excluding hydrogens is 341 g/mol. The van der Waals surface area contributed by atoms with E-state index in [0.29, 0.717) is 5.56 Å². The summed E-state index contributed by atoms with van der Waals surface area (Å²) in [4.78, 5) is 24.1. The monoisotopic (exact) mass is 359 g/mol. The molecule has 0 unspecified atom stereocenters. The van der Waals surface area contributed by atoms with Gasteiger partial charge in [-0.25, -0.2) is 4.39 Å². The van der Waals surface area contributed by atoms with Gasteiger partial charge in [-0.3, -0.25) is 9.59 Å². The average molecular weight is 359 g/mol. The molecule has 0 saturated heterocycles. The quantitative estimate of drug-likeness (QED) is 0.576. The lowest BCUT2D eigenvalue weighted by atomic mass is 10.1. The van der Waals surface area contributed by atoms with Crippen molar-refractivity contribution in [3.05, 3.63) is 57.8 Å². The van der Waals surface area contributed by atoms with Crippen LogP contribution in [0.25, 0.3) is 0 Å². The molecule has 26 heavy (non-hydrogen) atoms. The Morgan fingerprint density at radius 2 is 2.04 bits per heavy atom. The van der Waals surface area contributed by atoms with Crippen LogP contribution in [0.5, 0.6) is 0 Å². The number of aromatic nitrogens is 1. The summed E-state index contributed by atoms with van der Waals surface area (Å²) in [6.45, 7) is -0.514. The molecule has 8 heteroatoms. The molecular formula is C18H18FN3O4. The lowest BCUT2D eigenvalue weighted by molar-refractivity contribution is 0.0945. The molecule has 1 aromatic carbocycles. The van der Waals surface area contributed by atoms with E-state index in [0.717, 1.165) is 0 Å². The summed E-state index contributed by atoms with van der Waals surface area (Å²) in [5.41, 5.74) is 0.328. The zero-order valence-electron chi connectivity index (χ0n) is 14.0. The molecule has 0 aliphatic heterocycles. The van der Waals surface area contributed by atoms with Gasteiger partial charge in [-0.05, 0) is 18.2 Å². The predicted molar refractivity (Wildman–Crippen MR) is 94.7 cm³/mol. The second-order valence-electron chi connectivity index (χ2n) is 5.31. The Morgan fingerprint density at radius 1 is 1.27 bits per heavy atom. The molecule has 7 nitrogen and oxygen atoms in total. The maximum Gasteiger partial charge on any atom is 0.254 e. The number of aliphatic hydroxyl groups excluding tert-OH is 2. The number of hydrogen-bond donors (Lipinski definition) is 4. The number of carbonyl (C=O) groups is 1. The van der Waals surface area contributed by atoms with Gasteiger partial charge in [0.05, 0.1) is 23.5 Å². The van der Waals surface area contributed by atoms with Gasteiger partial charge in [0.15, 0.2) is 0 Å². The van der Waals surface area contributed by atoms with Crippen LogP contribution in [-0.4, -0.2) is 40.4 Å².